The van der Waals surface area contributed by atoms with Gasteiger partial charge >= 0.3 is 0 Å². The van der Waals surface area contributed by atoms with Crippen molar-refractivity contribution in [3.8, 4) is 0 Å². The van der Waals surface area contributed by atoms with Crippen LogP contribution in [0.15, 0.2) is 53.6 Å². The number of aliphatic hydroxyl groups excluding tert-OH is 1. The summed E-state index contributed by atoms with van der Waals surface area (Å²) in [6.07, 6.45) is 8.88. The second-order valence-electron chi connectivity index (χ2n) is 5.81. The van der Waals surface area contributed by atoms with Crippen molar-refractivity contribution in [3.05, 3.63) is 59.2 Å². The van der Waals surface area contributed by atoms with Crippen LogP contribution in [-0.4, -0.2) is 11.2 Å². The lowest BCUT2D eigenvalue weighted by molar-refractivity contribution is 0.133. The van der Waals surface area contributed by atoms with Gasteiger partial charge in [-0.2, -0.15) is 0 Å². The second kappa shape index (κ2) is 5.34. The maximum Gasteiger partial charge on any atom is 0.0580 e. The Kier molecular flexibility index (Phi) is 3.56. The van der Waals surface area contributed by atoms with Crippen molar-refractivity contribution in [2.75, 3.05) is 0 Å². The third-order valence-electron chi connectivity index (χ3n) is 4.62. The number of hydrogen-bond acceptors (Lipinski definition) is 1. The summed E-state index contributed by atoms with van der Waals surface area (Å²) in [7, 11) is 0. The van der Waals surface area contributed by atoms with Crippen LogP contribution in [-0.2, 0) is 0 Å². The van der Waals surface area contributed by atoms with Gasteiger partial charge in [0.1, 0.15) is 0 Å². The van der Waals surface area contributed by atoms with E-state index in [1.807, 2.05) is 6.92 Å². The van der Waals surface area contributed by atoms with Gasteiger partial charge in [-0.05, 0) is 43.7 Å². The van der Waals surface area contributed by atoms with E-state index in [0.717, 1.165) is 19.3 Å². The van der Waals surface area contributed by atoms with Crippen LogP contribution < -0.4 is 0 Å². The average Bonchev–Trinajstić information content (AvgIpc) is 2.47. The number of allylic oxidation sites excluding steroid dienone is 3. The van der Waals surface area contributed by atoms with E-state index in [9.17, 15) is 5.11 Å². The van der Waals surface area contributed by atoms with Crippen LogP contribution in [0.4, 0.5) is 0 Å². The van der Waals surface area contributed by atoms with Gasteiger partial charge in [0.25, 0.3) is 0 Å². The van der Waals surface area contributed by atoms with Crippen molar-refractivity contribution in [1.29, 1.82) is 0 Å². The summed E-state index contributed by atoms with van der Waals surface area (Å²) in [6, 6.07) is 10.8. The molecule has 3 atom stereocenters. The van der Waals surface area contributed by atoms with Crippen molar-refractivity contribution >= 4 is 0 Å². The molecule has 2 aliphatic rings. The van der Waals surface area contributed by atoms with Crippen molar-refractivity contribution in [2.24, 2.45) is 5.92 Å². The van der Waals surface area contributed by atoms with Gasteiger partial charge in [-0.1, -0.05) is 48.1 Å². The standard InChI is InChI=1S/C18H22O/c1-13(19)15-11-12-16(14-7-3-2-4-8-14)18-10-6-5-9-17(15)18/h2-5,7-9,13,15-16,19H,6,10-12H2,1H3/t13?,15-,16?/m1/s1. The Morgan fingerprint density at radius 3 is 2.68 bits per heavy atom. The minimum atomic E-state index is -0.232. The van der Waals surface area contributed by atoms with Gasteiger partial charge in [0.2, 0.25) is 0 Å². The summed E-state index contributed by atoms with van der Waals surface area (Å²) in [5.74, 6) is 0.905. The Balaban J connectivity index is 2.00. The molecular weight excluding hydrogens is 232 g/mol. The average molecular weight is 254 g/mol. The highest BCUT2D eigenvalue weighted by Crippen LogP contribution is 2.45. The maximum atomic E-state index is 10.0. The Hall–Kier alpha value is -1.34. The number of aliphatic hydroxyl groups is 1. The predicted molar refractivity (Wildman–Crippen MR) is 79.0 cm³/mol. The Labute approximate surface area is 115 Å². The van der Waals surface area contributed by atoms with Gasteiger partial charge in [0.05, 0.1) is 6.10 Å². The van der Waals surface area contributed by atoms with E-state index in [-0.39, 0.29) is 6.10 Å². The Morgan fingerprint density at radius 1 is 1.16 bits per heavy atom. The molecule has 0 saturated carbocycles. The second-order valence-corrected chi connectivity index (χ2v) is 5.81. The fraction of sp³-hybridized carbons (Fsp3) is 0.444. The van der Waals surface area contributed by atoms with Crippen molar-refractivity contribution < 1.29 is 5.11 Å². The van der Waals surface area contributed by atoms with Crippen LogP contribution >= 0.6 is 0 Å². The number of benzene rings is 1. The molecule has 0 aliphatic heterocycles. The predicted octanol–water partition coefficient (Wildman–Crippen LogP) is 4.21. The molecule has 0 spiro atoms. The van der Waals surface area contributed by atoms with Crippen molar-refractivity contribution in [3.63, 3.8) is 0 Å². The first-order valence-corrected chi connectivity index (χ1v) is 7.40. The molecule has 100 valence electrons. The monoisotopic (exact) mass is 254 g/mol. The molecule has 0 aromatic heterocycles. The lowest BCUT2D eigenvalue weighted by atomic mass is 9.69. The molecule has 0 heterocycles. The molecule has 0 radical (unpaired) electrons. The van der Waals surface area contributed by atoms with E-state index >= 15 is 0 Å². The smallest absolute Gasteiger partial charge is 0.0580 e. The van der Waals surface area contributed by atoms with Gasteiger partial charge in [-0.25, -0.2) is 0 Å². The summed E-state index contributed by atoms with van der Waals surface area (Å²) < 4.78 is 0. The molecule has 1 nitrogen and oxygen atoms in total. The normalized spacial score (nSPS) is 28.1. The van der Waals surface area contributed by atoms with E-state index in [4.69, 9.17) is 0 Å². The summed E-state index contributed by atoms with van der Waals surface area (Å²) in [4.78, 5) is 0. The molecule has 0 amide bonds. The van der Waals surface area contributed by atoms with Crippen molar-refractivity contribution in [2.45, 2.75) is 44.6 Å². The molecule has 0 fully saturated rings. The van der Waals surface area contributed by atoms with E-state index in [1.54, 1.807) is 5.57 Å². The van der Waals surface area contributed by atoms with Crippen LogP contribution in [0.3, 0.4) is 0 Å². The Bertz CT molecular complexity index is 496. The molecule has 1 aromatic carbocycles. The first-order valence-electron chi connectivity index (χ1n) is 7.40. The number of hydrogen-bond donors (Lipinski definition) is 1. The molecule has 3 rings (SSSR count). The highest BCUT2D eigenvalue weighted by atomic mass is 16.3. The van der Waals surface area contributed by atoms with Crippen LogP contribution in [0, 0.1) is 5.92 Å². The van der Waals surface area contributed by atoms with Gasteiger partial charge in [-0.15, -0.1) is 0 Å². The van der Waals surface area contributed by atoms with Crippen LogP contribution in [0.1, 0.15) is 44.1 Å². The molecule has 2 unspecified atom stereocenters. The maximum absolute atomic E-state index is 10.0. The summed E-state index contributed by atoms with van der Waals surface area (Å²) in [5, 5.41) is 10.0. The molecule has 0 saturated heterocycles. The Morgan fingerprint density at radius 2 is 1.95 bits per heavy atom. The fourth-order valence-electron chi connectivity index (χ4n) is 3.67. The fourth-order valence-corrected chi connectivity index (χ4v) is 3.67. The molecular formula is C18H22O. The minimum absolute atomic E-state index is 0.232. The SMILES string of the molecule is CC(O)[C@H]1CCC(c2ccccc2)C2=C1C=CCC2. The summed E-state index contributed by atoms with van der Waals surface area (Å²) in [5.41, 5.74) is 4.43. The lowest BCUT2D eigenvalue weighted by Crippen LogP contribution is -2.26. The van der Waals surface area contributed by atoms with Gasteiger partial charge in [0, 0.05) is 11.8 Å². The van der Waals surface area contributed by atoms with Gasteiger partial charge < -0.3 is 5.11 Å². The van der Waals surface area contributed by atoms with E-state index in [1.165, 1.54) is 17.6 Å². The first kappa shape index (κ1) is 12.7. The van der Waals surface area contributed by atoms with Crippen LogP contribution in [0.2, 0.25) is 0 Å². The van der Waals surface area contributed by atoms with Crippen LogP contribution in [0.25, 0.3) is 0 Å². The van der Waals surface area contributed by atoms with Gasteiger partial charge in [-0.3, -0.25) is 0 Å². The molecule has 1 heteroatoms. The first-order chi connectivity index (χ1) is 9.27. The molecule has 2 aliphatic carbocycles. The van der Waals surface area contributed by atoms with E-state index in [2.05, 4.69) is 42.5 Å². The lowest BCUT2D eigenvalue weighted by Gasteiger charge is -2.36. The highest BCUT2D eigenvalue weighted by molar-refractivity contribution is 5.42. The van der Waals surface area contributed by atoms with E-state index < -0.39 is 0 Å². The van der Waals surface area contributed by atoms with Gasteiger partial charge in [0.15, 0.2) is 0 Å². The molecule has 1 N–H and O–H groups in total. The molecule has 19 heavy (non-hydrogen) atoms. The zero-order valence-corrected chi connectivity index (χ0v) is 11.5. The topological polar surface area (TPSA) is 20.2 Å². The molecule has 1 aromatic rings. The third-order valence-corrected chi connectivity index (χ3v) is 4.62. The zero-order chi connectivity index (χ0) is 13.2. The minimum Gasteiger partial charge on any atom is -0.393 e. The third kappa shape index (κ3) is 2.40. The van der Waals surface area contributed by atoms with Crippen LogP contribution in [0.5, 0.6) is 0 Å². The quantitative estimate of drug-likeness (QED) is 0.838. The number of rotatable bonds is 2. The highest BCUT2D eigenvalue weighted by Gasteiger charge is 2.32. The van der Waals surface area contributed by atoms with Crippen molar-refractivity contribution in [1.82, 2.24) is 0 Å². The van der Waals surface area contributed by atoms with E-state index in [0.29, 0.717) is 11.8 Å². The summed E-state index contributed by atoms with van der Waals surface area (Å²) >= 11 is 0. The molecule has 0 bridgehead atoms. The zero-order valence-electron chi connectivity index (χ0n) is 11.5. The summed E-state index contributed by atoms with van der Waals surface area (Å²) in [6.45, 7) is 1.93. The largest absolute Gasteiger partial charge is 0.393 e.